The Labute approximate surface area is 183 Å². The van der Waals surface area contributed by atoms with Gasteiger partial charge in [-0.2, -0.15) is 0 Å². The molecule has 0 unspecified atom stereocenters. The van der Waals surface area contributed by atoms with E-state index >= 15 is 0 Å². The molecule has 0 atom stereocenters. The Balaban J connectivity index is 0.000000937. The monoisotopic (exact) mass is 409 g/mol. The molecule has 0 saturated carbocycles. The zero-order valence-corrected chi connectivity index (χ0v) is 19.1. The van der Waals surface area contributed by atoms with Crippen molar-refractivity contribution in [2.45, 2.75) is 33.1 Å². The van der Waals surface area contributed by atoms with Crippen LogP contribution in [0.3, 0.4) is 0 Å². The fourth-order valence-electron chi connectivity index (χ4n) is 5.59. The van der Waals surface area contributed by atoms with Crippen LogP contribution in [0.2, 0.25) is 0 Å². The van der Waals surface area contributed by atoms with Gasteiger partial charge in [0.1, 0.15) is 0 Å². The third-order valence-electron chi connectivity index (χ3n) is 6.57. The molecular weight excluding hydrogens is 382 g/mol. The van der Waals surface area contributed by atoms with Gasteiger partial charge >= 0.3 is 0 Å². The van der Waals surface area contributed by atoms with E-state index in [1.54, 1.807) is 0 Å². The van der Waals surface area contributed by atoms with Crippen molar-refractivity contribution in [1.82, 2.24) is 0 Å². The van der Waals surface area contributed by atoms with E-state index in [4.69, 9.17) is 0 Å². The highest BCUT2D eigenvalue weighted by atomic mass is 32.1. The molecule has 2 aliphatic rings. The lowest BCUT2D eigenvalue weighted by molar-refractivity contribution is 0.796. The van der Waals surface area contributed by atoms with Crippen LogP contribution in [0.25, 0.3) is 21.6 Å². The molecular formula is C28H27NS. The first-order chi connectivity index (χ1) is 14.7. The molecule has 3 aromatic carbocycles. The second-order valence-corrected chi connectivity index (χ2v) is 9.05. The van der Waals surface area contributed by atoms with Crippen LogP contribution in [0.5, 0.6) is 0 Å². The molecule has 1 aromatic heterocycles. The summed E-state index contributed by atoms with van der Waals surface area (Å²) in [6, 6.07) is 24.8. The van der Waals surface area contributed by atoms with Crippen LogP contribution in [0, 0.1) is 13.8 Å². The number of hydrogen-bond acceptors (Lipinski definition) is 2. The molecule has 0 aliphatic heterocycles. The third kappa shape index (κ3) is 2.12. The molecule has 0 saturated heterocycles. The number of benzene rings is 3. The van der Waals surface area contributed by atoms with Gasteiger partial charge in [0.25, 0.3) is 0 Å². The minimum Gasteiger partial charge on any atom is -0.387 e. The first-order valence-electron chi connectivity index (χ1n) is 10.8. The van der Waals surface area contributed by atoms with E-state index in [2.05, 4.69) is 92.9 Å². The van der Waals surface area contributed by atoms with E-state index in [1.807, 2.05) is 25.2 Å². The summed E-state index contributed by atoms with van der Waals surface area (Å²) in [6.45, 7) is 8.50. The van der Waals surface area contributed by atoms with Crippen LogP contribution in [0.4, 0.5) is 5.69 Å². The zero-order valence-electron chi connectivity index (χ0n) is 18.3. The second-order valence-electron chi connectivity index (χ2n) is 7.83. The van der Waals surface area contributed by atoms with E-state index in [-0.39, 0.29) is 5.41 Å². The van der Waals surface area contributed by atoms with Crippen LogP contribution in [-0.4, -0.2) is 7.05 Å². The van der Waals surface area contributed by atoms with Crippen molar-refractivity contribution in [1.29, 1.82) is 0 Å². The number of aryl methyl sites for hydroxylation is 2. The lowest BCUT2D eigenvalue weighted by Gasteiger charge is -2.31. The summed E-state index contributed by atoms with van der Waals surface area (Å²) < 4.78 is 0. The van der Waals surface area contributed by atoms with E-state index in [0.717, 1.165) is 0 Å². The van der Waals surface area contributed by atoms with Gasteiger partial charge in [-0.1, -0.05) is 80.6 Å². The second kappa shape index (κ2) is 6.85. The Hall–Kier alpha value is -2.84. The van der Waals surface area contributed by atoms with Crippen LogP contribution in [-0.2, 0) is 5.41 Å². The first kappa shape index (κ1) is 19.1. The van der Waals surface area contributed by atoms with Crippen LogP contribution in [0.1, 0.15) is 46.5 Å². The number of nitrogens with one attached hydrogen (secondary N) is 1. The zero-order chi connectivity index (χ0) is 21.0. The molecule has 2 heteroatoms. The van der Waals surface area contributed by atoms with Crippen LogP contribution >= 0.6 is 11.3 Å². The van der Waals surface area contributed by atoms with Gasteiger partial charge in [0.2, 0.25) is 0 Å². The maximum atomic E-state index is 3.55. The van der Waals surface area contributed by atoms with Crippen molar-refractivity contribution in [2.24, 2.45) is 0 Å². The van der Waals surface area contributed by atoms with E-state index < -0.39 is 0 Å². The quantitative estimate of drug-likeness (QED) is 0.292. The number of hydrogen-bond donors (Lipinski definition) is 1. The smallest absolute Gasteiger partial charge is 0.0754 e. The molecule has 0 radical (unpaired) electrons. The highest BCUT2D eigenvalue weighted by Crippen LogP contribution is 2.66. The van der Waals surface area contributed by atoms with E-state index in [0.29, 0.717) is 0 Å². The average molecular weight is 410 g/mol. The maximum Gasteiger partial charge on any atom is 0.0754 e. The number of rotatable bonds is 1. The Morgan fingerprint density at radius 3 is 1.90 bits per heavy atom. The number of fused-ring (bicyclic) bond motifs is 10. The molecule has 2 aliphatic carbocycles. The van der Waals surface area contributed by atoms with Crippen molar-refractivity contribution in [3.05, 3.63) is 99.4 Å². The predicted octanol–water partition coefficient (Wildman–Crippen LogP) is 7.78. The Morgan fingerprint density at radius 1 is 0.733 bits per heavy atom. The largest absolute Gasteiger partial charge is 0.387 e. The minimum atomic E-state index is -0.229. The molecule has 150 valence electrons. The fourth-order valence-corrected chi connectivity index (χ4v) is 6.93. The van der Waals surface area contributed by atoms with E-state index in [9.17, 15) is 0 Å². The van der Waals surface area contributed by atoms with Crippen molar-refractivity contribution in [3.8, 4) is 21.6 Å². The molecule has 1 spiro atoms. The molecule has 30 heavy (non-hydrogen) atoms. The summed E-state index contributed by atoms with van der Waals surface area (Å²) in [5.74, 6) is 0. The lowest BCUT2D eigenvalue weighted by Crippen LogP contribution is -2.26. The molecule has 1 nitrogen and oxygen atoms in total. The molecule has 0 amide bonds. The SMILES string of the molecule is CC.CNc1c(C)sc2c1C1(c3ccccc3-c3ccccc31)c1cccc(C)c1-2. The van der Waals surface area contributed by atoms with Gasteiger partial charge in [-0.05, 0) is 52.8 Å². The Morgan fingerprint density at radius 2 is 1.30 bits per heavy atom. The predicted molar refractivity (Wildman–Crippen MR) is 131 cm³/mol. The van der Waals surface area contributed by atoms with Gasteiger partial charge in [-0.15, -0.1) is 11.3 Å². The van der Waals surface area contributed by atoms with E-state index in [1.165, 1.54) is 59.9 Å². The Bertz CT molecular complexity index is 1230. The minimum absolute atomic E-state index is 0.229. The third-order valence-corrected chi connectivity index (χ3v) is 7.69. The summed E-state index contributed by atoms with van der Waals surface area (Å²) in [7, 11) is 2.06. The topological polar surface area (TPSA) is 12.0 Å². The number of thiophene rings is 1. The standard InChI is InChI=1S/C26H21NS.C2H6/c1-15-9-8-14-21-22(15)25-23(24(27-3)16(2)28-25)26(21)19-12-6-4-10-17(19)18-11-5-7-13-20(18)26;1-2/h4-14,27H,1-3H3;1-2H3. The van der Waals surface area contributed by atoms with Crippen molar-refractivity contribution < 1.29 is 0 Å². The van der Waals surface area contributed by atoms with Crippen molar-refractivity contribution in [2.75, 3.05) is 12.4 Å². The normalized spacial score (nSPS) is 13.8. The van der Waals surface area contributed by atoms with Crippen LogP contribution in [0.15, 0.2) is 66.7 Å². The van der Waals surface area contributed by atoms with Gasteiger partial charge in [0.05, 0.1) is 11.1 Å². The van der Waals surface area contributed by atoms with Gasteiger partial charge in [0.15, 0.2) is 0 Å². The molecule has 6 rings (SSSR count). The fraction of sp³-hybridized carbons (Fsp3) is 0.214. The summed E-state index contributed by atoms with van der Waals surface area (Å²) in [5.41, 5.74) is 12.3. The van der Waals surface area contributed by atoms with Gasteiger partial charge < -0.3 is 5.32 Å². The highest BCUT2D eigenvalue weighted by molar-refractivity contribution is 7.16. The summed E-state index contributed by atoms with van der Waals surface area (Å²) in [5, 5.41) is 3.55. The van der Waals surface area contributed by atoms with Crippen molar-refractivity contribution in [3.63, 3.8) is 0 Å². The summed E-state index contributed by atoms with van der Waals surface area (Å²) >= 11 is 1.93. The molecule has 0 fully saturated rings. The summed E-state index contributed by atoms with van der Waals surface area (Å²) in [4.78, 5) is 2.80. The van der Waals surface area contributed by atoms with Gasteiger partial charge in [0, 0.05) is 22.4 Å². The molecule has 4 aromatic rings. The highest BCUT2D eigenvalue weighted by Gasteiger charge is 2.54. The number of anilines is 1. The van der Waals surface area contributed by atoms with Gasteiger partial charge in [-0.25, -0.2) is 0 Å². The van der Waals surface area contributed by atoms with Gasteiger partial charge in [-0.3, -0.25) is 0 Å². The molecule has 0 bridgehead atoms. The first-order valence-corrected chi connectivity index (χ1v) is 11.6. The lowest BCUT2D eigenvalue weighted by atomic mass is 9.70. The molecule has 1 N–H and O–H groups in total. The summed E-state index contributed by atoms with van der Waals surface area (Å²) in [6.07, 6.45) is 0. The van der Waals surface area contributed by atoms with Crippen molar-refractivity contribution >= 4 is 17.0 Å². The van der Waals surface area contributed by atoms with Crippen LogP contribution < -0.4 is 5.32 Å². The maximum absolute atomic E-state index is 3.55. The Kier molecular flexibility index (Phi) is 4.37. The molecule has 1 heterocycles. The average Bonchev–Trinajstić information content (AvgIpc) is 3.37.